The molecule has 168 valence electrons. The molecule has 8 nitrogen and oxygen atoms in total. The van der Waals surface area contributed by atoms with Crippen LogP contribution in [0.15, 0.2) is 48.5 Å². The van der Waals surface area contributed by atoms with E-state index in [1.54, 1.807) is 24.3 Å². The molecule has 0 saturated heterocycles. The first kappa shape index (κ1) is 23.0. The number of hydrogen-bond acceptors (Lipinski definition) is 6. The largest absolute Gasteiger partial charge is 0.460 e. The molecule has 1 heterocycles. The molecule has 0 spiro atoms. The van der Waals surface area contributed by atoms with Crippen molar-refractivity contribution in [3.05, 3.63) is 70.8 Å². The summed E-state index contributed by atoms with van der Waals surface area (Å²) < 4.78 is 10.7. The monoisotopic (exact) mass is 438 g/mol. The van der Waals surface area contributed by atoms with Gasteiger partial charge in [-0.25, -0.2) is 9.59 Å². The summed E-state index contributed by atoms with van der Waals surface area (Å²) >= 11 is 0. The SMILES string of the molecule is CC[C@@H]1COC(=O)c2cccc(c2)C(=O)OC[C@@H](CC)NC(=O)c2cccc(c2)C(=O)N1. The number of nitrogens with one attached hydrogen (secondary N) is 2. The van der Waals surface area contributed by atoms with Crippen LogP contribution in [0, 0.1) is 0 Å². The number of cyclic esters (lactones) is 2. The van der Waals surface area contributed by atoms with Gasteiger partial charge in [-0.1, -0.05) is 26.0 Å². The predicted molar refractivity (Wildman–Crippen MR) is 117 cm³/mol. The lowest BCUT2D eigenvalue weighted by molar-refractivity contribution is 0.0449. The van der Waals surface area contributed by atoms with Crippen molar-refractivity contribution < 1.29 is 28.7 Å². The Morgan fingerprint density at radius 1 is 0.688 bits per heavy atom. The van der Waals surface area contributed by atoms with E-state index in [9.17, 15) is 19.2 Å². The number of hydrogen-bond donors (Lipinski definition) is 2. The number of rotatable bonds is 2. The zero-order chi connectivity index (χ0) is 23.1. The van der Waals surface area contributed by atoms with E-state index < -0.39 is 24.0 Å². The van der Waals surface area contributed by atoms with Crippen molar-refractivity contribution in [2.24, 2.45) is 0 Å². The van der Waals surface area contributed by atoms with E-state index in [0.717, 1.165) is 0 Å². The minimum atomic E-state index is -0.603. The number of fused-ring (bicyclic) bond motifs is 4. The summed E-state index contributed by atoms with van der Waals surface area (Å²) in [5.41, 5.74) is 1.04. The van der Waals surface area contributed by atoms with Gasteiger partial charge in [0.1, 0.15) is 13.2 Å². The van der Waals surface area contributed by atoms with E-state index in [0.29, 0.717) is 24.0 Å². The van der Waals surface area contributed by atoms with Crippen molar-refractivity contribution in [1.29, 1.82) is 0 Å². The molecule has 0 aromatic heterocycles. The lowest BCUT2D eigenvalue weighted by atomic mass is 10.1. The molecule has 8 heteroatoms. The highest BCUT2D eigenvalue weighted by atomic mass is 16.5. The van der Waals surface area contributed by atoms with Crippen LogP contribution in [-0.4, -0.2) is 49.1 Å². The van der Waals surface area contributed by atoms with Gasteiger partial charge in [0, 0.05) is 11.1 Å². The van der Waals surface area contributed by atoms with Crippen LogP contribution in [0.25, 0.3) is 0 Å². The quantitative estimate of drug-likeness (QED) is 0.698. The van der Waals surface area contributed by atoms with E-state index in [1.165, 1.54) is 24.3 Å². The summed E-state index contributed by atoms with van der Waals surface area (Å²) in [5, 5.41) is 5.65. The Morgan fingerprint density at radius 2 is 1.06 bits per heavy atom. The summed E-state index contributed by atoms with van der Waals surface area (Å²) in [4.78, 5) is 50.3. The molecular formula is C24H26N2O6. The number of esters is 2. The van der Waals surface area contributed by atoms with Crippen LogP contribution in [0.4, 0.5) is 0 Å². The van der Waals surface area contributed by atoms with Gasteiger partial charge in [-0.2, -0.15) is 0 Å². The van der Waals surface area contributed by atoms with E-state index >= 15 is 0 Å². The third kappa shape index (κ3) is 5.72. The van der Waals surface area contributed by atoms with Crippen molar-refractivity contribution in [3.63, 3.8) is 0 Å². The Hall–Kier alpha value is -3.68. The zero-order valence-electron chi connectivity index (χ0n) is 18.1. The first-order valence-electron chi connectivity index (χ1n) is 10.6. The molecular weight excluding hydrogens is 412 g/mol. The Bertz CT molecular complexity index is 947. The smallest absolute Gasteiger partial charge is 0.338 e. The topological polar surface area (TPSA) is 111 Å². The number of amides is 2. The molecule has 0 radical (unpaired) electrons. The number of benzene rings is 2. The molecule has 0 saturated carbocycles. The molecule has 2 aromatic carbocycles. The van der Waals surface area contributed by atoms with Crippen molar-refractivity contribution >= 4 is 23.8 Å². The second-order valence-corrected chi connectivity index (χ2v) is 7.52. The van der Waals surface area contributed by atoms with Crippen molar-refractivity contribution in [1.82, 2.24) is 10.6 Å². The van der Waals surface area contributed by atoms with Crippen LogP contribution in [0.1, 0.15) is 68.1 Å². The third-order valence-corrected chi connectivity index (χ3v) is 5.21. The number of ether oxygens (including phenoxy) is 2. The average molecular weight is 438 g/mol. The fourth-order valence-corrected chi connectivity index (χ4v) is 3.15. The molecule has 3 rings (SSSR count). The summed E-state index contributed by atoms with van der Waals surface area (Å²) in [7, 11) is 0. The lowest BCUT2D eigenvalue weighted by Gasteiger charge is -2.19. The number of carbonyl (C=O) groups is 4. The first-order valence-corrected chi connectivity index (χ1v) is 10.6. The Labute approximate surface area is 186 Å². The van der Waals surface area contributed by atoms with Crippen LogP contribution < -0.4 is 10.6 Å². The van der Waals surface area contributed by atoms with Crippen molar-refractivity contribution in [2.45, 2.75) is 38.8 Å². The predicted octanol–water partition coefficient (Wildman–Crippen LogP) is 2.73. The molecule has 2 aromatic rings. The van der Waals surface area contributed by atoms with Crippen LogP contribution in [0.5, 0.6) is 0 Å². The van der Waals surface area contributed by atoms with Gasteiger partial charge in [0.05, 0.1) is 23.2 Å². The third-order valence-electron chi connectivity index (χ3n) is 5.21. The van der Waals surface area contributed by atoms with Gasteiger partial charge in [0.2, 0.25) is 0 Å². The molecule has 32 heavy (non-hydrogen) atoms. The van der Waals surface area contributed by atoms with Crippen molar-refractivity contribution in [3.8, 4) is 0 Å². The Balaban J connectivity index is 1.90. The second-order valence-electron chi connectivity index (χ2n) is 7.52. The van der Waals surface area contributed by atoms with Crippen LogP contribution in [0.3, 0.4) is 0 Å². The molecule has 0 aliphatic carbocycles. The first-order chi connectivity index (χ1) is 15.4. The van der Waals surface area contributed by atoms with Crippen LogP contribution in [0.2, 0.25) is 0 Å². The highest BCUT2D eigenvalue weighted by Crippen LogP contribution is 2.12. The van der Waals surface area contributed by atoms with Gasteiger partial charge in [-0.15, -0.1) is 0 Å². The summed E-state index contributed by atoms with van der Waals surface area (Å²) in [6.45, 7) is 3.65. The molecule has 0 unspecified atom stereocenters. The highest BCUT2D eigenvalue weighted by molar-refractivity contribution is 6.00. The van der Waals surface area contributed by atoms with Crippen LogP contribution in [-0.2, 0) is 9.47 Å². The minimum Gasteiger partial charge on any atom is -0.460 e. The van der Waals surface area contributed by atoms with E-state index in [4.69, 9.17) is 9.47 Å². The Kier molecular flexibility index (Phi) is 7.59. The second kappa shape index (κ2) is 10.6. The number of carbonyl (C=O) groups excluding carboxylic acids is 4. The molecule has 0 fully saturated rings. The van der Waals surface area contributed by atoms with Gasteiger partial charge in [0.15, 0.2) is 0 Å². The molecule has 2 N–H and O–H groups in total. The normalized spacial score (nSPS) is 20.2. The van der Waals surface area contributed by atoms with Gasteiger partial charge < -0.3 is 20.1 Å². The molecule has 2 atom stereocenters. The summed E-state index contributed by atoms with van der Waals surface area (Å²) in [5.74, 6) is -1.94. The minimum absolute atomic E-state index is 0.0336. The maximum absolute atomic E-state index is 12.7. The highest BCUT2D eigenvalue weighted by Gasteiger charge is 2.20. The molecule has 1 aliphatic rings. The molecule has 1 aliphatic heterocycles. The van der Waals surface area contributed by atoms with E-state index in [-0.39, 0.29) is 36.2 Å². The maximum Gasteiger partial charge on any atom is 0.338 e. The van der Waals surface area contributed by atoms with Gasteiger partial charge in [0.25, 0.3) is 11.8 Å². The average Bonchev–Trinajstić information content (AvgIpc) is 2.83. The van der Waals surface area contributed by atoms with E-state index in [2.05, 4.69) is 10.6 Å². The molecule has 4 bridgehead atoms. The molecule has 2 amide bonds. The summed E-state index contributed by atoms with van der Waals surface area (Å²) in [6, 6.07) is 11.5. The zero-order valence-corrected chi connectivity index (χ0v) is 18.1. The fourth-order valence-electron chi connectivity index (χ4n) is 3.15. The van der Waals surface area contributed by atoms with Gasteiger partial charge >= 0.3 is 11.9 Å². The Morgan fingerprint density at radius 3 is 1.47 bits per heavy atom. The van der Waals surface area contributed by atoms with Crippen LogP contribution >= 0.6 is 0 Å². The maximum atomic E-state index is 12.7. The van der Waals surface area contributed by atoms with E-state index in [1.807, 2.05) is 13.8 Å². The fraction of sp³-hybridized carbons (Fsp3) is 0.333. The van der Waals surface area contributed by atoms with Gasteiger partial charge in [-0.05, 0) is 49.2 Å². The van der Waals surface area contributed by atoms with Gasteiger partial charge in [-0.3, -0.25) is 9.59 Å². The standard InChI is InChI=1S/C24H26N2O6/c1-3-19-13-31-23(29)17-9-6-10-18(12-17)24(30)32-14-20(4-2)26-22(28)16-8-5-7-15(11-16)21(27)25-19/h5-12,19-20H,3-4,13-14H2,1-2H3,(H,25,27)(H,26,28)/t19-,20-/m1/s1. The lowest BCUT2D eigenvalue weighted by Crippen LogP contribution is -2.39. The van der Waals surface area contributed by atoms with Crippen molar-refractivity contribution in [2.75, 3.05) is 13.2 Å². The summed E-state index contributed by atoms with van der Waals surface area (Å²) in [6.07, 6.45) is 1.06.